The van der Waals surface area contributed by atoms with E-state index in [0.29, 0.717) is 6.29 Å². The first-order valence-electron chi connectivity index (χ1n) is 3.44. The van der Waals surface area contributed by atoms with Gasteiger partial charge in [0, 0.05) is 5.75 Å². The second-order valence-electron chi connectivity index (χ2n) is 2.14. The van der Waals surface area contributed by atoms with Gasteiger partial charge in [-0.2, -0.15) is 12.6 Å². The van der Waals surface area contributed by atoms with Crippen LogP contribution in [0.1, 0.15) is 6.92 Å². The predicted molar refractivity (Wildman–Crippen MR) is 49.8 cm³/mol. The van der Waals surface area contributed by atoms with Crippen molar-refractivity contribution >= 4 is 24.8 Å². The third-order valence-corrected chi connectivity index (χ3v) is 1.63. The Morgan fingerprint density at radius 1 is 1.75 bits per heavy atom. The van der Waals surface area contributed by atoms with Gasteiger partial charge in [0.2, 0.25) is 5.91 Å². The highest BCUT2D eigenvalue weighted by Gasteiger charge is 2.11. The zero-order valence-electron chi connectivity index (χ0n) is 6.78. The standard InChI is InChI=1S/C7H12N2O2S/c1-2-5(3-10)9-7(11)6(8)4-12/h2-3,6,12H,4,8H2,1H3,(H,9,11)/b5-2-/t6-/m0/s1. The average molecular weight is 188 g/mol. The highest BCUT2D eigenvalue weighted by molar-refractivity contribution is 7.80. The van der Waals surface area contributed by atoms with Crippen molar-refractivity contribution in [3.8, 4) is 0 Å². The molecule has 0 aliphatic carbocycles. The number of carbonyl (C=O) groups excluding carboxylic acids is 2. The van der Waals surface area contributed by atoms with Crippen molar-refractivity contribution in [2.24, 2.45) is 5.73 Å². The molecule has 0 aliphatic heterocycles. The first-order chi connectivity index (χ1) is 5.65. The maximum Gasteiger partial charge on any atom is 0.242 e. The molecule has 0 saturated heterocycles. The van der Waals surface area contributed by atoms with Gasteiger partial charge in [-0.3, -0.25) is 9.59 Å². The Bertz CT molecular complexity index is 204. The van der Waals surface area contributed by atoms with E-state index >= 15 is 0 Å². The van der Waals surface area contributed by atoms with Gasteiger partial charge in [0.15, 0.2) is 6.29 Å². The van der Waals surface area contributed by atoms with Gasteiger partial charge >= 0.3 is 0 Å². The predicted octanol–water partition coefficient (Wildman–Crippen LogP) is -0.538. The van der Waals surface area contributed by atoms with Gasteiger partial charge in [-0.25, -0.2) is 0 Å². The minimum Gasteiger partial charge on any atom is -0.322 e. The van der Waals surface area contributed by atoms with Gasteiger partial charge in [0.25, 0.3) is 0 Å². The van der Waals surface area contributed by atoms with E-state index in [1.165, 1.54) is 6.08 Å². The first kappa shape index (κ1) is 11.2. The Morgan fingerprint density at radius 3 is 2.67 bits per heavy atom. The quantitative estimate of drug-likeness (QED) is 0.315. The molecular formula is C7H12N2O2S. The summed E-state index contributed by atoms with van der Waals surface area (Å²) in [7, 11) is 0. The van der Waals surface area contributed by atoms with Gasteiger partial charge in [-0.1, -0.05) is 6.08 Å². The fourth-order valence-electron chi connectivity index (χ4n) is 0.488. The molecule has 0 aromatic carbocycles. The van der Waals surface area contributed by atoms with Crippen molar-refractivity contribution in [3.05, 3.63) is 11.8 Å². The molecule has 0 aromatic rings. The number of thiol groups is 1. The van der Waals surface area contributed by atoms with Crippen molar-refractivity contribution < 1.29 is 9.59 Å². The average Bonchev–Trinajstić information content (AvgIpc) is 2.12. The van der Waals surface area contributed by atoms with Crippen LogP contribution in [0.4, 0.5) is 0 Å². The second kappa shape index (κ2) is 5.79. The maximum absolute atomic E-state index is 11.0. The van der Waals surface area contributed by atoms with Gasteiger partial charge in [0.05, 0.1) is 11.7 Å². The van der Waals surface area contributed by atoms with Crippen LogP contribution in [-0.2, 0) is 9.59 Å². The summed E-state index contributed by atoms with van der Waals surface area (Å²) in [6.45, 7) is 1.65. The molecule has 0 aromatic heterocycles. The third kappa shape index (κ3) is 3.54. The lowest BCUT2D eigenvalue weighted by Gasteiger charge is -2.08. The van der Waals surface area contributed by atoms with E-state index < -0.39 is 11.9 Å². The summed E-state index contributed by atoms with van der Waals surface area (Å²) in [5.74, 6) is -0.146. The largest absolute Gasteiger partial charge is 0.322 e. The zero-order chi connectivity index (χ0) is 9.56. The molecule has 1 atom stereocenters. The maximum atomic E-state index is 11.0. The van der Waals surface area contributed by atoms with Crippen LogP contribution < -0.4 is 11.1 Å². The van der Waals surface area contributed by atoms with Crippen molar-refractivity contribution in [2.45, 2.75) is 13.0 Å². The lowest BCUT2D eigenvalue weighted by atomic mass is 10.3. The summed E-state index contributed by atoms with van der Waals surface area (Å²) in [6.07, 6.45) is 2.05. The number of aldehydes is 1. The van der Waals surface area contributed by atoms with E-state index in [1.807, 2.05) is 0 Å². The number of amides is 1. The molecule has 1 amide bonds. The molecule has 0 aliphatic rings. The SMILES string of the molecule is C/C=C(/C=O)NC(=O)[C@@H](N)CS. The van der Waals surface area contributed by atoms with E-state index in [9.17, 15) is 9.59 Å². The molecule has 0 saturated carbocycles. The summed E-state index contributed by atoms with van der Waals surface area (Å²) in [5, 5.41) is 2.35. The molecular weight excluding hydrogens is 176 g/mol. The molecule has 0 heterocycles. The van der Waals surface area contributed by atoms with E-state index in [0.717, 1.165) is 0 Å². The summed E-state index contributed by atoms with van der Waals surface area (Å²) in [5.41, 5.74) is 5.56. The van der Waals surface area contributed by atoms with Crippen LogP contribution in [-0.4, -0.2) is 24.0 Å². The highest BCUT2D eigenvalue weighted by Crippen LogP contribution is 1.87. The second-order valence-corrected chi connectivity index (χ2v) is 2.51. The minimum atomic E-state index is -0.678. The number of hydrogen-bond acceptors (Lipinski definition) is 4. The van der Waals surface area contributed by atoms with E-state index in [4.69, 9.17) is 5.73 Å². The molecule has 12 heavy (non-hydrogen) atoms. The van der Waals surface area contributed by atoms with Crippen LogP contribution in [0.2, 0.25) is 0 Å². The molecule has 0 fully saturated rings. The van der Waals surface area contributed by atoms with Crippen molar-refractivity contribution in [3.63, 3.8) is 0 Å². The number of nitrogens with two attached hydrogens (primary N) is 1. The molecule has 68 valence electrons. The molecule has 0 spiro atoms. The zero-order valence-corrected chi connectivity index (χ0v) is 7.67. The number of hydrogen-bond donors (Lipinski definition) is 3. The van der Waals surface area contributed by atoms with Crippen LogP contribution in [0.5, 0.6) is 0 Å². The lowest BCUT2D eigenvalue weighted by Crippen LogP contribution is -2.41. The molecule has 0 unspecified atom stereocenters. The molecule has 4 nitrogen and oxygen atoms in total. The Kier molecular flexibility index (Phi) is 5.40. The van der Waals surface area contributed by atoms with Crippen molar-refractivity contribution in [1.82, 2.24) is 5.32 Å². The van der Waals surface area contributed by atoms with Gasteiger partial charge in [0.1, 0.15) is 0 Å². The molecule has 0 rings (SSSR count). The molecule has 0 radical (unpaired) electrons. The topological polar surface area (TPSA) is 72.2 Å². The molecule has 0 bridgehead atoms. The smallest absolute Gasteiger partial charge is 0.242 e. The fraction of sp³-hybridized carbons (Fsp3) is 0.429. The number of allylic oxidation sites excluding steroid dienone is 2. The van der Waals surface area contributed by atoms with Crippen LogP contribution in [0.15, 0.2) is 11.8 Å². The highest BCUT2D eigenvalue weighted by atomic mass is 32.1. The summed E-state index contributed by atoms with van der Waals surface area (Å²) in [6, 6.07) is -0.678. The van der Waals surface area contributed by atoms with E-state index in [1.54, 1.807) is 6.92 Å². The van der Waals surface area contributed by atoms with Crippen LogP contribution in [0, 0.1) is 0 Å². The van der Waals surface area contributed by atoms with E-state index in [2.05, 4.69) is 17.9 Å². The van der Waals surface area contributed by atoms with Crippen LogP contribution in [0.25, 0.3) is 0 Å². The molecule has 3 N–H and O–H groups in total. The lowest BCUT2D eigenvalue weighted by molar-refractivity contribution is -0.122. The van der Waals surface area contributed by atoms with Gasteiger partial charge in [-0.15, -0.1) is 0 Å². The fourth-order valence-corrected chi connectivity index (χ4v) is 0.653. The van der Waals surface area contributed by atoms with Gasteiger partial charge < -0.3 is 11.1 Å². The molecule has 5 heteroatoms. The Hall–Kier alpha value is -0.810. The third-order valence-electron chi connectivity index (χ3n) is 1.24. The number of carbonyl (C=O) groups is 2. The Balaban J connectivity index is 4.08. The van der Waals surface area contributed by atoms with Crippen LogP contribution in [0.3, 0.4) is 0 Å². The van der Waals surface area contributed by atoms with Crippen LogP contribution >= 0.6 is 12.6 Å². The summed E-state index contributed by atoms with van der Waals surface area (Å²) >= 11 is 3.84. The summed E-state index contributed by atoms with van der Waals surface area (Å²) < 4.78 is 0. The van der Waals surface area contributed by atoms with Gasteiger partial charge in [-0.05, 0) is 6.92 Å². The van der Waals surface area contributed by atoms with E-state index in [-0.39, 0.29) is 11.4 Å². The minimum absolute atomic E-state index is 0.220. The van der Waals surface area contributed by atoms with Crippen molar-refractivity contribution in [2.75, 3.05) is 5.75 Å². The Labute approximate surface area is 76.6 Å². The Morgan fingerprint density at radius 2 is 2.33 bits per heavy atom. The number of nitrogens with one attached hydrogen (secondary N) is 1. The first-order valence-corrected chi connectivity index (χ1v) is 4.07. The normalized spacial score (nSPS) is 13.8. The number of rotatable bonds is 4. The summed E-state index contributed by atoms with van der Waals surface area (Å²) in [4.78, 5) is 21.3. The van der Waals surface area contributed by atoms with Crippen molar-refractivity contribution in [1.29, 1.82) is 0 Å². The monoisotopic (exact) mass is 188 g/mol.